The summed E-state index contributed by atoms with van der Waals surface area (Å²) in [5, 5.41) is 2.91. The number of imidazole rings is 1. The summed E-state index contributed by atoms with van der Waals surface area (Å²) in [6.45, 7) is 2.90. The summed E-state index contributed by atoms with van der Waals surface area (Å²) in [6.07, 6.45) is 0. The number of benzene rings is 2. The normalized spacial score (nSPS) is 11.2. The molecule has 0 bridgehead atoms. The van der Waals surface area contributed by atoms with Gasteiger partial charge in [0.15, 0.2) is 0 Å². The molecule has 1 amide bonds. The van der Waals surface area contributed by atoms with Crippen LogP contribution in [0.3, 0.4) is 0 Å². The van der Waals surface area contributed by atoms with Gasteiger partial charge in [-0.2, -0.15) is 0 Å². The van der Waals surface area contributed by atoms with E-state index in [4.69, 9.17) is 0 Å². The number of rotatable bonds is 4. The lowest BCUT2D eigenvalue weighted by Gasteiger charge is -2.14. The molecule has 0 saturated carbocycles. The number of carbonyl (C=O) groups excluding carboxylic acids is 1. The maximum atomic E-state index is 12.5. The molecule has 25 heavy (non-hydrogen) atoms. The third-order valence-corrected chi connectivity index (χ3v) is 4.25. The van der Waals surface area contributed by atoms with Gasteiger partial charge in [0, 0.05) is 24.8 Å². The number of carbonyl (C=O) groups is 1. The smallest absolute Gasteiger partial charge is 0.322 e. The van der Waals surface area contributed by atoms with Crippen LogP contribution in [0.25, 0.3) is 11.0 Å². The van der Waals surface area contributed by atoms with Crippen molar-refractivity contribution in [3.63, 3.8) is 0 Å². The monoisotopic (exact) mass is 338 g/mol. The molecule has 0 unspecified atom stereocenters. The number of nitrogens with one attached hydrogen (secondary N) is 2. The predicted molar refractivity (Wildman–Crippen MR) is 100 cm³/mol. The van der Waals surface area contributed by atoms with Gasteiger partial charge in [-0.05, 0) is 62.5 Å². The van der Waals surface area contributed by atoms with Crippen molar-refractivity contribution in [2.45, 2.75) is 13.5 Å². The molecule has 0 aliphatic heterocycles. The minimum atomic E-state index is -0.202. The number of hydrogen-bond acceptors (Lipinski definition) is 3. The van der Waals surface area contributed by atoms with Gasteiger partial charge in [-0.3, -0.25) is 9.36 Å². The van der Waals surface area contributed by atoms with Gasteiger partial charge in [-0.15, -0.1) is 0 Å². The molecule has 0 fully saturated rings. The number of hydrogen-bond donors (Lipinski definition) is 2. The van der Waals surface area contributed by atoms with Crippen LogP contribution >= 0.6 is 0 Å². The van der Waals surface area contributed by atoms with E-state index in [1.54, 1.807) is 25.2 Å². The molecule has 2 N–H and O–H groups in total. The summed E-state index contributed by atoms with van der Waals surface area (Å²) in [7, 11) is 5.75. The fourth-order valence-electron chi connectivity index (χ4n) is 2.87. The van der Waals surface area contributed by atoms with Gasteiger partial charge in [0.25, 0.3) is 5.91 Å². The van der Waals surface area contributed by atoms with E-state index >= 15 is 0 Å². The third-order valence-electron chi connectivity index (χ3n) is 4.25. The van der Waals surface area contributed by atoms with Gasteiger partial charge in [-0.1, -0.05) is 6.07 Å². The van der Waals surface area contributed by atoms with Gasteiger partial charge in [0.05, 0.1) is 11.0 Å². The lowest BCUT2D eigenvalue weighted by Crippen LogP contribution is -2.14. The van der Waals surface area contributed by atoms with E-state index in [0.29, 0.717) is 11.1 Å². The predicted octanol–water partition coefficient (Wildman–Crippen LogP) is 2.49. The highest BCUT2D eigenvalue weighted by Crippen LogP contribution is 2.18. The quantitative estimate of drug-likeness (QED) is 0.768. The number of aromatic nitrogens is 2. The zero-order chi connectivity index (χ0) is 18.1. The van der Waals surface area contributed by atoms with Crippen LogP contribution in [0.5, 0.6) is 0 Å². The Bertz CT molecular complexity index is 998. The molecular formula is C19H22N4O2. The Morgan fingerprint density at radius 1 is 1.20 bits per heavy atom. The van der Waals surface area contributed by atoms with Crippen molar-refractivity contribution >= 4 is 22.6 Å². The average molecular weight is 338 g/mol. The molecule has 6 nitrogen and oxygen atoms in total. The molecule has 130 valence electrons. The fourth-order valence-corrected chi connectivity index (χ4v) is 2.87. The van der Waals surface area contributed by atoms with Crippen LogP contribution < -0.4 is 11.0 Å². The van der Waals surface area contributed by atoms with Gasteiger partial charge in [-0.25, -0.2) is 4.79 Å². The van der Waals surface area contributed by atoms with Gasteiger partial charge < -0.3 is 15.2 Å². The van der Waals surface area contributed by atoms with Crippen molar-refractivity contribution in [2.24, 2.45) is 7.05 Å². The topological polar surface area (TPSA) is 70.1 Å². The van der Waals surface area contributed by atoms with E-state index in [1.807, 2.05) is 39.2 Å². The van der Waals surface area contributed by atoms with Crippen molar-refractivity contribution in [2.75, 3.05) is 19.4 Å². The second-order valence-corrected chi connectivity index (χ2v) is 6.55. The van der Waals surface area contributed by atoms with Gasteiger partial charge in [0.1, 0.15) is 0 Å². The molecule has 6 heteroatoms. The van der Waals surface area contributed by atoms with Crippen molar-refractivity contribution in [1.82, 2.24) is 14.5 Å². The number of amides is 1. The lowest BCUT2D eigenvalue weighted by molar-refractivity contribution is 0.102. The second kappa shape index (κ2) is 6.57. The number of fused-ring (bicyclic) bond motifs is 1. The molecule has 0 spiro atoms. The Kier molecular flexibility index (Phi) is 4.46. The first-order valence-corrected chi connectivity index (χ1v) is 8.09. The van der Waals surface area contributed by atoms with Crippen molar-refractivity contribution in [3.8, 4) is 0 Å². The summed E-state index contributed by atoms with van der Waals surface area (Å²) >= 11 is 0. The molecule has 1 aromatic heterocycles. The Labute approximate surface area is 146 Å². The Morgan fingerprint density at radius 2 is 1.96 bits per heavy atom. The van der Waals surface area contributed by atoms with Gasteiger partial charge in [0.2, 0.25) is 0 Å². The van der Waals surface area contributed by atoms with E-state index < -0.39 is 0 Å². The van der Waals surface area contributed by atoms with E-state index in [-0.39, 0.29) is 11.6 Å². The molecule has 0 aliphatic carbocycles. The molecule has 1 heterocycles. The second-order valence-electron chi connectivity index (χ2n) is 6.55. The van der Waals surface area contributed by atoms with E-state index in [9.17, 15) is 9.59 Å². The van der Waals surface area contributed by atoms with Crippen LogP contribution in [-0.2, 0) is 13.6 Å². The Morgan fingerprint density at radius 3 is 2.64 bits per heavy atom. The molecule has 0 saturated heterocycles. The summed E-state index contributed by atoms with van der Waals surface area (Å²) in [5.74, 6) is -0.202. The van der Waals surface area contributed by atoms with E-state index in [2.05, 4.69) is 15.2 Å². The minimum Gasteiger partial charge on any atom is -0.322 e. The molecule has 0 atom stereocenters. The summed E-state index contributed by atoms with van der Waals surface area (Å²) in [4.78, 5) is 29.0. The van der Waals surface area contributed by atoms with Crippen LogP contribution in [0.15, 0.2) is 41.2 Å². The van der Waals surface area contributed by atoms with E-state index in [1.165, 1.54) is 10.1 Å². The number of aromatic amines is 1. The molecule has 3 rings (SSSR count). The number of anilines is 1. The Balaban J connectivity index is 1.82. The highest BCUT2D eigenvalue weighted by molar-refractivity contribution is 6.06. The van der Waals surface area contributed by atoms with E-state index in [0.717, 1.165) is 23.3 Å². The summed E-state index contributed by atoms with van der Waals surface area (Å²) in [6, 6.07) is 11.1. The van der Waals surface area contributed by atoms with Crippen molar-refractivity contribution in [1.29, 1.82) is 0 Å². The van der Waals surface area contributed by atoms with Crippen LogP contribution in [-0.4, -0.2) is 34.5 Å². The number of aryl methyl sites for hydroxylation is 2. The summed E-state index contributed by atoms with van der Waals surface area (Å²) < 4.78 is 1.52. The largest absolute Gasteiger partial charge is 0.326 e. The van der Waals surface area contributed by atoms with Crippen LogP contribution in [0, 0.1) is 6.92 Å². The molecule has 3 aromatic rings. The van der Waals surface area contributed by atoms with Crippen LogP contribution in [0.2, 0.25) is 0 Å². The SMILES string of the molecule is Cc1cc(NC(=O)c2ccc3c(c2)[nH]c(=O)n3C)ccc1CN(C)C. The van der Waals surface area contributed by atoms with Gasteiger partial charge >= 0.3 is 5.69 Å². The van der Waals surface area contributed by atoms with Crippen LogP contribution in [0.4, 0.5) is 5.69 Å². The summed E-state index contributed by atoms with van der Waals surface area (Å²) in [5.41, 5.74) is 4.85. The van der Waals surface area contributed by atoms with Crippen molar-refractivity contribution in [3.05, 3.63) is 63.6 Å². The first-order valence-electron chi connectivity index (χ1n) is 8.09. The Hall–Kier alpha value is -2.86. The standard InChI is InChI=1S/C19H22N4O2/c1-12-9-15(7-5-14(12)11-22(2)3)20-18(24)13-6-8-17-16(10-13)21-19(25)23(17)4/h5-10H,11H2,1-4H3,(H,20,24)(H,21,25). The molecule has 0 radical (unpaired) electrons. The molecule has 0 aliphatic rings. The maximum Gasteiger partial charge on any atom is 0.326 e. The number of nitrogens with zero attached hydrogens (tertiary/aromatic N) is 2. The zero-order valence-electron chi connectivity index (χ0n) is 14.9. The lowest BCUT2D eigenvalue weighted by atomic mass is 10.1. The average Bonchev–Trinajstić information content (AvgIpc) is 2.84. The van der Waals surface area contributed by atoms with Crippen molar-refractivity contribution < 1.29 is 4.79 Å². The highest BCUT2D eigenvalue weighted by Gasteiger charge is 2.10. The maximum absolute atomic E-state index is 12.5. The first-order chi connectivity index (χ1) is 11.8. The third kappa shape index (κ3) is 3.49. The van der Waals surface area contributed by atoms with Crippen LogP contribution in [0.1, 0.15) is 21.5 Å². The molecule has 2 aromatic carbocycles. The highest BCUT2D eigenvalue weighted by atomic mass is 16.2. The number of H-pyrrole nitrogens is 1. The zero-order valence-corrected chi connectivity index (χ0v) is 14.9. The molecular weight excluding hydrogens is 316 g/mol. The first kappa shape index (κ1) is 17.0. The fraction of sp³-hybridized carbons (Fsp3) is 0.263. The minimum absolute atomic E-state index is 0.195.